The first-order valence-electron chi connectivity index (χ1n) is 8.91. The summed E-state index contributed by atoms with van der Waals surface area (Å²) >= 11 is 0. The van der Waals surface area contributed by atoms with Gasteiger partial charge in [-0.2, -0.15) is 0 Å². The number of hydrogen-bond acceptors (Lipinski definition) is 1. The predicted molar refractivity (Wildman–Crippen MR) is 87.0 cm³/mol. The van der Waals surface area contributed by atoms with Gasteiger partial charge in [0, 0.05) is 6.61 Å². The van der Waals surface area contributed by atoms with Crippen LogP contribution in [0.2, 0.25) is 12.1 Å². The Morgan fingerprint density at radius 3 is 1.84 bits per heavy atom. The van der Waals surface area contributed by atoms with Crippen LogP contribution in [0.15, 0.2) is 0 Å². The van der Waals surface area contributed by atoms with Crippen LogP contribution in [0.1, 0.15) is 90.4 Å². The Balaban J connectivity index is 1.71. The predicted octanol–water partition coefficient (Wildman–Crippen LogP) is 6.10. The van der Waals surface area contributed by atoms with Crippen LogP contribution >= 0.6 is 0 Å². The molecule has 1 fully saturated rings. The Morgan fingerprint density at radius 1 is 0.737 bits per heavy atom. The number of hydrogen-bond donors (Lipinski definition) is 0. The fourth-order valence-corrected chi connectivity index (χ4v) is 5.16. The maximum absolute atomic E-state index is 5.87. The van der Waals surface area contributed by atoms with Crippen LogP contribution in [-0.4, -0.2) is 15.6 Å². The van der Waals surface area contributed by atoms with Crippen molar-refractivity contribution in [3.63, 3.8) is 0 Å². The molecule has 0 N–H and O–H groups in total. The Hall–Kier alpha value is 0.177. The summed E-state index contributed by atoms with van der Waals surface area (Å²) in [6.07, 6.45) is 18.7. The zero-order valence-corrected chi connectivity index (χ0v) is 14.2. The molecule has 19 heavy (non-hydrogen) atoms. The highest BCUT2D eigenvalue weighted by molar-refractivity contribution is 6.51. The van der Waals surface area contributed by atoms with Gasteiger partial charge in [0.2, 0.25) is 9.04 Å². The monoisotopic (exact) mass is 283 g/mol. The Bertz CT molecular complexity index is 178. The van der Waals surface area contributed by atoms with E-state index in [0.717, 1.165) is 6.61 Å². The van der Waals surface area contributed by atoms with E-state index in [2.05, 4.69) is 6.92 Å². The molecule has 0 saturated carbocycles. The molecule has 1 radical (unpaired) electrons. The summed E-state index contributed by atoms with van der Waals surface area (Å²) in [6, 6.07) is 2.84. The summed E-state index contributed by atoms with van der Waals surface area (Å²) in [5.74, 6) is 0. The lowest BCUT2D eigenvalue weighted by Crippen LogP contribution is -2.22. The highest BCUT2D eigenvalue weighted by Crippen LogP contribution is 2.18. The summed E-state index contributed by atoms with van der Waals surface area (Å²) in [5, 5.41) is 0. The average molecular weight is 284 g/mol. The van der Waals surface area contributed by atoms with Gasteiger partial charge in [-0.25, -0.2) is 0 Å². The topological polar surface area (TPSA) is 9.23 Å². The molecular weight excluding hydrogens is 248 g/mol. The fourth-order valence-electron chi connectivity index (χ4n) is 2.90. The first-order valence-corrected chi connectivity index (χ1v) is 10.7. The molecule has 1 aliphatic rings. The molecule has 2 heteroatoms. The molecule has 1 heterocycles. The molecule has 1 nitrogen and oxygen atoms in total. The van der Waals surface area contributed by atoms with Gasteiger partial charge in [-0.1, -0.05) is 84.0 Å². The summed E-state index contributed by atoms with van der Waals surface area (Å²) in [4.78, 5) is 0. The third kappa shape index (κ3) is 10.6. The van der Waals surface area contributed by atoms with Crippen LogP contribution in [-0.2, 0) is 4.43 Å². The smallest absolute Gasteiger partial charge is 0.211 e. The normalized spacial score (nSPS) is 16.9. The van der Waals surface area contributed by atoms with Crippen LogP contribution in [0, 0.1) is 0 Å². The van der Waals surface area contributed by atoms with Crippen molar-refractivity contribution in [1.82, 2.24) is 0 Å². The van der Waals surface area contributed by atoms with Crippen molar-refractivity contribution in [2.45, 2.75) is 102 Å². The molecule has 1 saturated heterocycles. The van der Waals surface area contributed by atoms with Gasteiger partial charge in [-0.05, 0) is 18.5 Å². The molecule has 0 atom stereocenters. The van der Waals surface area contributed by atoms with E-state index in [-0.39, 0.29) is 9.04 Å². The highest BCUT2D eigenvalue weighted by atomic mass is 28.3. The lowest BCUT2D eigenvalue weighted by molar-refractivity contribution is 0.285. The van der Waals surface area contributed by atoms with Gasteiger partial charge in [0.05, 0.1) is 0 Å². The lowest BCUT2D eigenvalue weighted by atomic mass is 10.1. The molecule has 0 aromatic carbocycles. The zero-order valence-electron chi connectivity index (χ0n) is 13.2. The van der Waals surface area contributed by atoms with E-state index in [9.17, 15) is 0 Å². The third-order valence-corrected chi connectivity index (χ3v) is 6.65. The van der Waals surface area contributed by atoms with E-state index < -0.39 is 0 Å². The van der Waals surface area contributed by atoms with Gasteiger partial charge < -0.3 is 4.43 Å². The second-order valence-electron chi connectivity index (χ2n) is 6.13. The van der Waals surface area contributed by atoms with Crippen LogP contribution in [0.25, 0.3) is 0 Å². The molecule has 0 spiro atoms. The molecule has 0 aromatic heterocycles. The van der Waals surface area contributed by atoms with Gasteiger partial charge in [-0.15, -0.1) is 0 Å². The maximum atomic E-state index is 5.87. The van der Waals surface area contributed by atoms with E-state index >= 15 is 0 Å². The maximum Gasteiger partial charge on any atom is 0.211 e. The van der Waals surface area contributed by atoms with Crippen molar-refractivity contribution in [1.29, 1.82) is 0 Å². The zero-order chi connectivity index (χ0) is 13.6. The molecule has 1 aliphatic heterocycles. The summed E-state index contributed by atoms with van der Waals surface area (Å²) in [7, 11) is -0.358. The van der Waals surface area contributed by atoms with E-state index in [1.807, 2.05) is 0 Å². The fraction of sp³-hybridized carbons (Fsp3) is 1.00. The van der Waals surface area contributed by atoms with Crippen molar-refractivity contribution < 1.29 is 4.43 Å². The van der Waals surface area contributed by atoms with Crippen LogP contribution in [0.5, 0.6) is 0 Å². The van der Waals surface area contributed by atoms with Crippen molar-refractivity contribution in [3.8, 4) is 0 Å². The van der Waals surface area contributed by atoms with Crippen molar-refractivity contribution in [3.05, 3.63) is 0 Å². The standard InChI is InChI=1S/C17H35OSi/c1-2-3-4-5-6-7-8-9-10-11-13-16-19-17-14-12-15-18-19/h2-17H2,1H3. The van der Waals surface area contributed by atoms with Gasteiger partial charge in [0.25, 0.3) is 0 Å². The third-order valence-electron chi connectivity index (χ3n) is 4.22. The van der Waals surface area contributed by atoms with Crippen LogP contribution in [0.4, 0.5) is 0 Å². The summed E-state index contributed by atoms with van der Waals surface area (Å²) in [6.45, 7) is 3.35. The second-order valence-corrected chi connectivity index (χ2v) is 8.50. The van der Waals surface area contributed by atoms with E-state index in [0.29, 0.717) is 0 Å². The lowest BCUT2D eigenvalue weighted by Gasteiger charge is -2.19. The van der Waals surface area contributed by atoms with Crippen molar-refractivity contribution in [2.75, 3.05) is 6.61 Å². The molecule has 1 rings (SSSR count). The van der Waals surface area contributed by atoms with Gasteiger partial charge >= 0.3 is 0 Å². The molecule has 113 valence electrons. The SMILES string of the molecule is CCCCCCCCCCCCC[Si]1CCCCO1. The molecule has 0 unspecified atom stereocenters. The van der Waals surface area contributed by atoms with E-state index in [4.69, 9.17) is 4.43 Å². The van der Waals surface area contributed by atoms with E-state index in [1.165, 1.54) is 95.6 Å². The molecule has 0 aliphatic carbocycles. The van der Waals surface area contributed by atoms with E-state index in [1.54, 1.807) is 0 Å². The summed E-state index contributed by atoms with van der Waals surface area (Å²) in [5.41, 5.74) is 0. The first kappa shape index (κ1) is 17.2. The van der Waals surface area contributed by atoms with Gasteiger partial charge in [0.1, 0.15) is 0 Å². The molecule has 0 aromatic rings. The largest absolute Gasteiger partial charge is 0.417 e. The Labute approximate surface area is 123 Å². The van der Waals surface area contributed by atoms with Gasteiger partial charge in [-0.3, -0.25) is 0 Å². The van der Waals surface area contributed by atoms with Crippen molar-refractivity contribution in [2.24, 2.45) is 0 Å². The minimum absolute atomic E-state index is 0.358. The van der Waals surface area contributed by atoms with Gasteiger partial charge in [0.15, 0.2) is 0 Å². The first-order chi connectivity index (χ1) is 9.43. The van der Waals surface area contributed by atoms with Crippen LogP contribution < -0.4 is 0 Å². The van der Waals surface area contributed by atoms with Crippen LogP contribution in [0.3, 0.4) is 0 Å². The summed E-state index contributed by atoms with van der Waals surface area (Å²) < 4.78 is 5.87. The highest BCUT2D eigenvalue weighted by Gasteiger charge is 2.16. The Kier molecular flexibility index (Phi) is 11.9. The number of unbranched alkanes of at least 4 members (excludes halogenated alkanes) is 10. The minimum Gasteiger partial charge on any atom is -0.417 e. The molecular formula is C17H35OSi. The Morgan fingerprint density at radius 2 is 1.32 bits per heavy atom. The molecule has 0 amide bonds. The second kappa shape index (κ2) is 13.2. The molecule has 0 bridgehead atoms. The quantitative estimate of drug-likeness (QED) is 0.310. The minimum atomic E-state index is -0.358. The number of rotatable bonds is 12. The average Bonchev–Trinajstić information content (AvgIpc) is 2.46. The van der Waals surface area contributed by atoms with Crippen molar-refractivity contribution >= 4 is 9.04 Å².